The van der Waals surface area contributed by atoms with Crippen molar-refractivity contribution in [1.82, 2.24) is 9.55 Å². The minimum Gasteiger partial charge on any atom is -0.463 e. The first-order valence-electron chi connectivity index (χ1n) is 9.67. The molecule has 154 valence electrons. The van der Waals surface area contributed by atoms with Crippen molar-refractivity contribution in [3.05, 3.63) is 76.3 Å². The number of fused-ring (bicyclic) bond motifs is 1. The normalized spacial score (nSPS) is 11.0. The largest absolute Gasteiger partial charge is 0.463 e. The van der Waals surface area contributed by atoms with Gasteiger partial charge in [0.25, 0.3) is 5.56 Å². The molecule has 0 saturated heterocycles. The monoisotopic (exact) mass is 405 g/mol. The molecule has 0 fully saturated rings. The summed E-state index contributed by atoms with van der Waals surface area (Å²) in [6, 6.07) is 12.5. The van der Waals surface area contributed by atoms with E-state index >= 15 is 0 Å². The number of anilines is 1. The van der Waals surface area contributed by atoms with Crippen LogP contribution in [0.5, 0.6) is 0 Å². The lowest BCUT2D eigenvalue weighted by molar-refractivity contribution is -0.137. The van der Waals surface area contributed by atoms with E-state index < -0.39 is 5.97 Å². The maximum absolute atomic E-state index is 12.6. The van der Waals surface area contributed by atoms with Gasteiger partial charge in [0, 0.05) is 24.7 Å². The minimum atomic E-state index is -0.400. The van der Waals surface area contributed by atoms with Gasteiger partial charge in [0.05, 0.1) is 23.8 Å². The number of rotatable bonds is 7. The van der Waals surface area contributed by atoms with E-state index in [4.69, 9.17) is 4.74 Å². The highest BCUT2D eigenvalue weighted by molar-refractivity contribution is 5.91. The summed E-state index contributed by atoms with van der Waals surface area (Å²) < 4.78 is 6.28. The quantitative estimate of drug-likeness (QED) is 0.481. The Bertz CT molecular complexity index is 1150. The Morgan fingerprint density at radius 2 is 1.93 bits per heavy atom. The summed E-state index contributed by atoms with van der Waals surface area (Å²) >= 11 is 0. The van der Waals surface area contributed by atoms with Crippen LogP contribution in [-0.4, -0.2) is 28.0 Å². The van der Waals surface area contributed by atoms with E-state index in [-0.39, 0.29) is 24.4 Å². The molecule has 1 heterocycles. The second-order valence-corrected chi connectivity index (χ2v) is 6.72. The fourth-order valence-corrected chi connectivity index (χ4v) is 2.97. The Morgan fingerprint density at radius 3 is 2.67 bits per heavy atom. The van der Waals surface area contributed by atoms with Gasteiger partial charge in [0.15, 0.2) is 0 Å². The summed E-state index contributed by atoms with van der Waals surface area (Å²) in [4.78, 5) is 40.5. The van der Waals surface area contributed by atoms with Crippen molar-refractivity contribution in [3.63, 3.8) is 0 Å². The van der Waals surface area contributed by atoms with Gasteiger partial charge in [-0.2, -0.15) is 0 Å². The van der Waals surface area contributed by atoms with E-state index in [1.807, 2.05) is 19.1 Å². The molecular formula is C23H23N3O4. The van der Waals surface area contributed by atoms with Crippen molar-refractivity contribution in [2.24, 2.45) is 0 Å². The van der Waals surface area contributed by atoms with Gasteiger partial charge in [0.1, 0.15) is 0 Å². The van der Waals surface area contributed by atoms with Crippen molar-refractivity contribution in [1.29, 1.82) is 0 Å². The smallest absolute Gasteiger partial charge is 0.330 e. The number of aromatic nitrogens is 2. The highest BCUT2D eigenvalue weighted by Crippen LogP contribution is 2.13. The maximum Gasteiger partial charge on any atom is 0.330 e. The molecule has 0 atom stereocenters. The predicted molar refractivity (Wildman–Crippen MR) is 116 cm³/mol. The molecule has 7 heteroatoms. The molecule has 0 unspecified atom stereocenters. The van der Waals surface area contributed by atoms with E-state index in [1.165, 1.54) is 17.0 Å². The number of carbonyl (C=O) groups excluding carboxylic acids is 2. The Kier molecular flexibility index (Phi) is 6.75. The lowest BCUT2D eigenvalue weighted by atomic mass is 10.1. The van der Waals surface area contributed by atoms with Gasteiger partial charge in [-0.05, 0) is 49.2 Å². The van der Waals surface area contributed by atoms with E-state index in [0.29, 0.717) is 23.2 Å². The molecule has 0 saturated carbocycles. The zero-order chi connectivity index (χ0) is 21.5. The van der Waals surface area contributed by atoms with Crippen LogP contribution in [0.1, 0.15) is 24.5 Å². The number of benzene rings is 2. The molecule has 1 aromatic heterocycles. The average Bonchev–Trinajstić information content (AvgIpc) is 2.73. The van der Waals surface area contributed by atoms with Crippen molar-refractivity contribution in [2.75, 3.05) is 11.9 Å². The number of esters is 1. The molecule has 30 heavy (non-hydrogen) atoms. The van der Waals surface area contributed by atoms with Gasteiger partial charge in [-0.25, -0.2) is 9.78 Å². The van der Waals surface area contributed by atoms with Crippen molar-refractivity contribution < 1.29 is 14.3 Å². The molecule has 0 spiro atoms. The Labute approximate surface area is 174 Å². The summed E-state index contributed by atoms with van der Waals surface area (Å²) in [6.07, 6.45) is 4.62. The number of hydrogen-bond acceptors (Lipinski definition) is 5. The first kappa shape index (κ1) is 21.0. The maximum atomic E-state index is 12.6. The Balaban J connectivity index is 1.59. The molecule has 3 rings (SSSR count). The van der Waals surface area contributed by atoms with Crippen LogP contribution in [-0.2, 0) is 20.9 Å². The predicted octanol–water partition coefficient (Wildman–Crippen LogP) is 3.31. The third kappa shape index (κ3) is 5.20. The lowest BCUT2D eigenvalue weighted by Gasteiger charge is -2.09. The minimum absolute atomic E-state index is 0.142. The van der Waals surface area contributed by atoms with Crippen LogP contribution in [0.4, 0.5) is 5.69 Å². The van der Waals surface area contributed by atoms with Gasteiger partial charge in [0.2, 0.25) is 5.91 Å². The number of nitrogens with one attached hydrogen (secondary N) is 1. The van der Waals surface area contributed by atoms with Crippen LogP contribution >= 0.6 is 0 Å². The fraction of sp³-hybridized carbons (Fsp3) is 0.217. The van der Waals surface area contributed by atoms with Crippen LogP contribution in [0.3, 0.4) is 0 Å². The van der Waals surface area contributed by atoms with Crippen LogP contribution in [0, 0.1) is 6.92 Å². The van der Waals surface area contributed by atoms with Crippen LogP contribution in [0.2, 0.25) is 0 Å². The first-order valence-corrected chi connectivity index (χ1v) is 9.67. The second kappa shape index (κ2) is 9.65. The molecule has 3 aromatic rings. The van der Waals surface area contributed by atoms with Gasteiger partial charge in [-0.15, -0.1) is 0 Å². The molecule has 1 N–H and O–H groups in total. The van der Waals surface area contributed by atoms with Gasteiger partial charge in [-0.3, -0.25) is 14.2 Å². The molecule has 0 aliphatic carbocycles. The zero-order valence-electron chi connectivity index (χ0n) is 16.9. The third-order valence-electron chi connectivity index (χ3n) is 4.53. The SMILES string of the molecule is CCOC(=O)/C=C/c1ccc(NC(=O)CCn2cnc3c(C)cccc3c2=O)cc1. The summed E-state index contributed by atoms with van der Waals surface area (Å²) in [6.45, 7) is 4.22. The number of nitrogens with zero attached hydrogens (tertiary/aromatic N) is 2. The second-order valence-electron chi connectivity index (χ2n) is 6.72. The van der Waals surface area contributed by atoms with E-state index in [1.54, 1.807) is 43.3 Å². The number of aryl methyl sites for hydroxylation is 2. The summed E-state index contributed by atoms with van der Waals surface area (Å²) in [5.74, 6) is -0.607. The first-order chi connectivity index (χ1) is 14.5. The van der Waals surface area contributed by atoms with E-state index in [9.17, 15) is 14.4 Å². The number of hydrogen-bond donors (Lipinski definition) is 1. The molecule has 2 aromatic carbocycles. The third-order valence-corrected chi connectivity index (χ3v) is 4.53. The van der Waals surface area contributed by atoms with Crippen molar-refractivity contribution in [2.45, 2.75) is 26.8 Å². The summed E-state index contributed by atoms with van der Waals surface area (Å²) in [7, 11) is 0. The van der Waals surface area contributed by atoms with Crippen LogP contribution in [0.25, 0.3) is 17.0 Å². The molecule has 1 amide bonds. The Hall–Kier alpha value is -3.74. The standard InChI is InChI=1S/C23H23N3O4/c1-3-30-21(28)12-9-17-7-10-18(11-8-17)25-20(27)13-14-26-15-24-22-16(2)5-4-6-19(22)23(26)29/h4-12,15H,3,13-14H2,1-2H3,(H,25,27)/b12-9+. The average molecular weight is 405 g/mol. The topological polar surface area (TPSA) is 90.3 Å². The van der Waals surface area contributed by atoms with E-state index in [2.05, 4.69) is 10.3 Å². The highest BCUT2D eigenvalue weighted by Gasteiger charge is 2.08. The fourth-order valence-electron chi connectivity index (χ4n) is 2.97. The van der Waals surface area contributed by atoms with Gasteiger partial charge >= 0.3 is 5.97 Å². The van der Waals surface area contributed by atoms with Crippen molar-refractivity contribution in [3.8, 4) is 0 Å². The van der Waals surface area contributed by atoms with Gasteiger partial charge < -0.3 is 10.1 Å². The number of amides is 1. The molecule has 0 radical (unpaired) electrons. The summed E-state index contributed by atoms with van der Waals surface area (Å²) in [5, 5.41) is 3.35. The molecule has 0 aliphatic rings. The van der Waals surface area contributed by atoms with Crippen molar-refractivity contribution >= 4 is 34.5 Å². The van der Waals surface area contributed by atoms with Crippen LogP contribution in [0.15, 0.2) is 59.7 Å². The zero-order valence-corrected chi connectivity index (χ0v) is 16.9. The highest BCUT2D eigenvalue weighted by atomic mass is 16.5. The Morgan fingerprint density at radius 1 is 1.17 bits per heavy atom. The van der Waals surface area contributed by atoms with Crippen LogP contribution < -0.4 is 10.9 Å². The van der Waals surface area contributed by atoms with E-state index in [0.717, 1.165) is 11.1 Å². The molecule has 0 bridgehead atoms. The molecule has 7 nitrogen and oxygen atoms in total. The molecule has 0 aliphatic heterocycles. The lowest BCUT2D eigenvalue weighted by Crippen LogP contribution is -2.23. The summed E-state index contributed by atoms with van der Waals surface area (Å²) in [5.41, 5.74) is 2.91. The van der Waals surface area contributed by atoms with Gasteiger partial charge in [-0.1, -0.05) is 24.3 Å². The number of para-hydroxylation sites is 1. The molecular weight excluding hydrogens is 382 g/mol. The number of carbonyl (C=O) groups is 2. The number of ether oxygens (including phenoxy) is 1.